The van der Waals surface area contributed by atoms with E-state index in [1.807, 2.05) is 24.3 Å². The Morgan fingerprint density at radius 1 is 0.963 bits per heavy atom. The molecule has 0 bridgehead atoms. The van der Waals surface area contributed by atoms with Gasteiger partial charge in [-0.1, -0.05) is 57.2 Å². The van der Waals surface area contributed by atoms with Gasteiger partial charge in [0.15, 0.2) is 5.11 Å². The maximum Gasteiger partial charge on any atom is 0.418 e. The zero-order valence-corrected chi connectivity index (χ0v) is 16.4. The van der Waals surface area contributed by atoms with E-state index < -0.39 is 11.7 Å². The van der Waals surface area contributed by atoms with E-state index in [0.717, 1.165) is 11.6 Å². The molecule has 0 atom stereocenters. The number of nitrogens with zero attached hydrogens (tertiary/aromatic N) is 1. The van der Waals surface area contributed by atoms with E-state index in [1.54, 1.807) is 6.92 Å². The van der Waals surface area contributed by atoms with Gasteiger partial charge in [-0.25, -0.2) is 0 Å². The largest absolute Gasteiger partial charge is 0.418 e. The standard InChI is InChI=1S/C20H22F3N3S/c1-13(14-9-11-15(12-10-14)19(2,3)4)25-26-18(27)24-17-8-6-5-7-16(17)20(21,22)23/h5-12H,1-4H3,(H2,24,26,27)/b25-13+. The molecule has 0 fully saturated rings. The molecule has 27 heavy (non-hydrogen) atoms. The van der Waals surface area contributed by atoms with Gasteiger partial charge in [0.05, 0.1) is 17.0 Å². The van der Waals surface area contributed by atoms with E-state index in [1.165, 1.54) is 23.8 Å². The number of halogens is 3. The molecule has 0 aliphatic rings. The first kappa shape index (κ1) is 20.9. The third kappa shape index (κ3) is 5.79. The second-order valence-electron chi connectivity index (χ2n) is 7.13. The number of hydrogen-bond acceptors (Lipinski definition) is 2. The molecule has 0 heterocycles. The highest BCUT2D eigenvalue weighted by atomic mass is 32.1. The van der Waals surface area contributed by atoms with E-state index in [0.29, 0.717) is 5.71 Å². The van der Waals surface area contributed by atoms with E-state index in [4.69, 9.17) is 12.2 Å². The number of hydrogen-bond donors (Lipinski definition) is 2. The Hall–Kier alpha value is -2.41. The van der Waals surface area contributed by atoms with Crippen molar-refractivity contribution >= 4 is 28.7 Å². The van der Waals surface area contributed by atoms with Gasteiger partial charge >= 0.3 is 6.18 Å². The minimum atomic E-state index is -4.47. The average molecular weight is 393 g/mol. The van der Waals surface area contributed by atoms with E-state index >= 15 is 0 Å². The van der Waals surface area contributed by atoms with Crippen molar-refractivity contribution in [1.82, 2.24) is 5.43 Å². The molecule has 2 N–H and O–H groups in total. The van der Waals surface area contributed by atoms with Crippen LogP contribution in [0.25, 0.3) is 0 Å². The first-order valence-corrected chi connectivity index (χ1v) is 8.78. The van der Waals surface area contributed by atoms with E-state index in [2.05, 4.69) is 36.6 Å². The maximum atomic E-state index is 13.0. The number of anilines is 1. The third-order valence-electron chi connectivity index (χ3n) is 3.97. The zero-order valence-electron chi connectivity index (χ0n) is 15.6. The lowest BCUT2D eigenvalue weighted by molar-refractivity contribution is -0.136. The van der Waals surface area contributed by atoms with Gasteiger partial charge in [-0.3, -0.25) is 5.43 Å². The number of rotatable bonds is 3. The highest BCUT2D eigenvalue weighted by molar-refractivity contribution is 7.80. The Labute approximate surface area is 162 Å². The van der Waals surface area contributed by atoms with Crippen molar-refractivity contribution in [2.24, 2.45) is 5.10 Å². The Morgan fingerprint density at radius 2 is 1.56 bits per heavy atom. The van der Waals surface area contributed by atoms with Gasteiger partial charge < -0.3 is 5.32 Å². The van der Waals surface area contributed by atoms with Gasteiger partial charge in [0.25, 0.3) is 0 Å². The van der Waals surface area contributed by atoms with Crippen molar-refractivity contribution in [3.05, 3.63) is 65.2 Å². The Kier molecular flexibility index (Phi) is 6.26. The summed E-state index contributed by atoms with van der Waals surface area (Å²) in [4.78, 5) is 0. The smallest absolute Gasteiger partial charge is 0.331 e. The molecule has 0 saturated carbocycles. The van der Waals surface area contributed by atoms with Gasteiger partial charge in [0.1, 0.15) is 0 Å². The van der Waals surface area contributed by atoms with Crippen molar-refractivity contribution < 1.29 is 13.2 Å². The monoisotopic (exact) mass is 393 g/mol. The second kappa shape index (κ2) is 8.08. The molecule has 0 saturated heterocycles. The number of benzene rings is 2. The predicted molar refractivity (Wildman–Crippen MR) is 108 cm³/mol. The zero-order chi connectivity index (χ0) is 20.2. The van der Waals surface area contributed by atoms with Crippen LogP contribution in [0.4, 0.5) is 18.9 Å². The van der Waals surface area contributed by atoms with Crippen LogP contribution in [-0.4, -0.2) is 10.8 Å². The summed E-state index contributed by atoms with van der Waals surface area (Å²) in [5.74, 6) is 0. The van der Waals surface area contributed by atoms with Crippen molar-refractivity contribution in [3.8, 4) is 0 Å². The first-order valence-electron chi connectivity index (χ1n) is 8.37. The lowest BCUT2D eigenvalue weighted by Crippen LogP contribution is -2.26. The lowest BCUT2D eigenvalue weighted by atomic mass is 9.86. The molecule has 0 radical (unpaired) electrons. The summed E-state index contributed by atoms with van der Waals surface area (Å²) in [6, 6.07) is 13.1. The summed E-state index contributed by atoms with van der Waals surface area (Å²) < 4.78 is 39.1. The Morgan fingerprint density at radius 3 is 2.11 bits per heavy atom. The Bertz CT molecular complexity index is 835. The number of thiocarbonyl (C=S) groups is 1. The van der Waals surface area contributed by atoms with Gasteiger partial charge in [-0.2, -0.15) is 18.3 Å². The van der Waals surface area contributed by atoms with Gasteiger partial charge in [0, 0.05) is 0 Å². The molecule has 7 heteroatoms. The highest BCUT2D eigenvalue weighted by Crippen LogP contribution is 2.34. The van der Waals surface area contributed by atoms with Gasteiger partial charge in [-0.15, -0.1) is 0 Å². The normalized spacial score (nSPS) is 12.6. The summed E-state index contributed by atoms with van der Waals surface area (Å²) in [5.41, 5.74) is 4.51. The van der Waals surface area contributed by atoms with Crippen LogP contribution >= 0.6 is 12.2 Å². The highest BCUT2D eigenvalue weighted by Gasteiger charge is 2.33. The average Bonchev–Trinajstić information content (AvgIpc) is 2.58. The number of hydrazone groups is 1. The second-order valence-corrected chi connectivity index (χ2v) is 7.54. The van der Waals surface area contributed by atoms with Crippen LogP contribution in [0.5, 0.6) is 0 Å². The van der Waals surface area contributed by atoms with Crippen LogP contribution in [0.15, 0.2) is 53.6 Å². The van der Waals surface area contributed by atoms with Gasteiger partial charge in [0.2, 0.25) is 0 Å². The molecular weight excluding hydrogens is 371 g/mol. The molecular formula is C20H22F3N3S. The van der Waals surface area contributed by atoms with Crippen LogP contribution in [0.3, 0.4) is 0 Å². The van der Waals surface area contributed by atoms with Crippen LogP contribution in [-0.2, 0) is 11.6 Å². The van der Waals surface area contributed by atoms with Crippen molar-refractivity contribution in [2.75, 3.05) is 5.32 Å². The van der Waals surface area contributed by atoms with Crippen LogP contribution in [0.2, 0.25) is 0 Å². The minimum absolute atomic E-state index is 0.0163. The molecule has 0 amide bonds. The topological polar surface area (TPSA) is 36.4 Å². The predicted octanol–water partition coefficient (Wildman–Crippen LogP) is 5.71. The lowest BCUT2D eigenvalue weighted by Gasteiger charge is -2.19. The molecule has 2 aromatic rings. The maximum absolute atomic E-state index is 13.0. The molecule has 2 aromatic carbocycles. The van der Waals surface area contributed by atoms with Crippen LogP contribution in [0.1, 0.15) is 44.4 Å². The van der Waals surface area contributed by atoms with Crippen LogP contribution in [0, 0.1) is 0 Å². The first-order chi connectivity index (χ1) is 12.5. The van der Waals surface area contributed by atoms with Gasteiger partial charge in [-0.05, 0) is 47.8 Å². The fourth-order valence-electron chi connectivity index (χ4n) is 2.40. The summed E-state index contributed by atoms with van der Waals surface area (Å²) in [7, 11) is 0. The molecule has 0 unspecified atom stereocenters. The quantitative estimate of drug-likeness (QED) is 0.398. The summed E-state index contributed by atoms with van der Waals surface area (Å²) in [6.45, 7) is 8.19. The number of para-hydroxylation sites is 1. The van der Waals surface area contributed by atoms with E-state index in [9.17, 15) is 13.2 Å². The molecule has 0 aromatic heterocycles. The molecule has 0 aliphatic heterocycles. The summed E-state index contributed by atoms with van der Waals surface area (Å²) in [5, 5.41) is 6.69. The number of nitrogens with one attached hydrogen (secondary N) is 2. The molecule has 2 rings (SSSR count). The van der Waals surface area contributed by atoms with Crippen molar-refractivity contribution in [2.45, 2.75) is 39.3 Å². The summed E-state index contributed by atoms with van der Waals surface area (Å²) in [6.07, 6.45) is -4.47. The summed E-state index contributed by atoms with van der Waals surface area (Å²) >= 11 is 5.06. The fourth-order valence-corrected chi connectivity index (χ4v) is 2.56. The number of alkyl halides is 3. The SMILES string of the molecule is C/C(=N\NC(=S)Nc1ccccc1C(F)(F)F)c1ccc(C(C)(C)C)cc1. The molecule has 0 spiro atoms. The van der Waals surface area contributed by atoms with Crippen molar-refractivity contribution in [3.63, 3.8) is 0 Å². The molecule has 144 valence electrons. The molecule has 0 aliphatic carbocycles. The minimum Gasteiger partial charge on any atom is -0.331 e. The van der Waals surface area contributed by atoms with Crippen LogP contribution < -0.4 is 10.7 Å². The molecule has 3 nitrogen and oxygen atoms in total. The van der Waals surface area contributed by atoms with E-state index in [-0.39, 0.29) is 16.2 Å². The third-order valence-corrected chi connectivity index (χ3v) is 4.17. The Balaban J connectivity index is 2.07. The fraction of sp³-hybridized carbons (Fsp3) is 0.300. The van der Waals surface area contributed by atoms with Crippen molar-refractivity contribution in [1.29, 1.82) is 0 Å².